The molecular formula is C15H20BrNO. The summed E-state index contributed by atoms with van der Waals surface area (Å²) in [6.45, 7) is 2.52. The lowest BCUT2D eigenvalue weighted by Gasteiger charge is -2.41. The van der Waals surface area contributed by atoms with Gasteiger partial charge in [-0.3, -0.25) is 0 Å². The van der Waals surface area contributed by atoms with Crippen LogP contribution in [-0.2, 0) is 10.2 Å². The normalized spacial score (nSPS) is 26.0. The molecule has 98 valence electrons. The molecule has 1 aromatic carbocycles. The maximum Gasteiger partial charge on any atom is 0.0535 e. The predicted octanol–water partition coefficient (Wildman–Crippen LogP) is 3.33. The van der Waals surface area contributed by atoms with Crippen molar-refractivity contribution in [1.82, 2.24) is 0 Å². The number of halogens is 1. The number of nitrogens with two attached hydrogens (primary N) is 1. The maximum absolute atomic E-state index is 5.98. The second-order valence-electron chi connectivity index (χ2n) is 5.63. The molecule has 0 aromatic heterocycles. The topological polar surface area (TPSA) is 35.2 Å². The van der Waals surface area contributed by atoms with Crippen LogP contribution in [-0.4, -0.2) is 19.8 Å². The van der Waals surface area contributed by atoms with Crippen LogP contribution >= 0.6 is 15.9 Å². The Bertz CT molecular complexity index is 431. The molecule has 2 fully saturated rings. The van der Waals surface area contributed by atoms with Gasteiger partial charge in [0.2, 0.25) is 0 Å². The molecule has 18 heavy (non-hydrogen) atoms. The largest absolute Gasteiger partial charge is 0.381 e. The molecule has 1 aromatic rings. The number of ether oxygens (including phenoxy) is 1. The van der Waals surface area contributed by atoms with Gasteiger partial charge >= 0.3 is 0 Å². The van der Waals surface area contributed by atoms with Crippen LogP contribution in [0.5, 0.6) is 0 Å². The molecule has 1 aliphatic carbocycles. The molecule has 2 nitrogen and oxygen atoms in total. The van der Waals surface area contributed by atoms with E-state index in [4.69, 9.17) is 10.5 Å². The number of hydrogen-bond acceptors (Lipinski definition) is 2. The molecular weight excluding hydrogens is 290 g/mol. The number of rotatable bonds is 3. The summed E-state index contributed by atoms with van der Waals surface area (Å²) in [5, 5.41) is 0. The van der Waals surface area contributed by atoms with Crippen LogP contribution in [0.4, 0.5) is 0 Å². The smallest absolute Gasteiger partial charge is 0.0535 e. The molecule has 3 heteroatoms. The summed E-state index contributed by atoms with van der Waals surface area (Å²) in [5.74, 6) is 0.559. The second-order valence-corrected chi connectivity index (χ2v) is 6.49. The van der Waals surface area contributed by atoms with Crippen LogP contribution < -0.4 is 5.73 Å². The number of benzene rings is 1. The van der Waals surface area contributed by atoms with E-state index in [0.717, 1.165) is 26.2 Å². The maximum atomic E-state index is 5.98. The first-order valence-electron chi connectivity index (χ1n) is 6.83. The van der Waals surface area contributed by atoms with Gasteiger partial charge in [-0.2, -0.15) is 0 Å². The molecule has 1 aliphatic heterocycles. The minimum atomic E-state index is 0.257. The Morgan fingerprint density at radius 2 is 2.22 bits per heavy atom. The van der Waals surface area contributed by atoms with Crippen LogP contribution in [0.3, 0.4) is 0 Å². The van der Waals surface area contributed by atoms with Crippen LogP contribution in [0.2, 0.25) is 0 Å². The van der Waals surface area contributed by atoms with Crippen molar-refractivity contribution in [3.8, 4) is 0 Å². The van der Waals surface area contributed by atoms with E-state index in [2.05, 4.69) is 34.1 Å². The monoisotopic (exact) mass is 309 g/mol. The Labute approximate surface area is 117 Å². The Morgan fingerprint density at radius 3 is 2.72 bits per heavy atom. The Morgan fingerprint density at radius 1 is 1.39 bits per heavy atom. The highest BCUT2D eigenvalue weighted by Crippen LogP contribution is 2.44. The average molecular weight is 310 g/mol. The second kappa shape index (κ2) is 4.95. The van der Waals surface area contributed by atoms with Crippen molar-refractivity contribution in [3.05, 3.63) is 33.8 Å². The fourth-order valence-electron chi connectivity index (χ4n) is 3.18. The van der Waals surface area contributed by atoms with E-state index in [1.54, 1.807) is 0 Å². The molecule has 1 unspecified atom stereocenters. The summed E-state index contributed by atoms with van der Waals surface area (Å²) in [7, 11) is 0. The molecule has 1 saturated carbocycles. The minimum Gasteiger partial charge on any atom is -0.381 e. The van der Waals surface area contributed by atoms with Crippen LogP contribution in [0.1, 0.15) is 42.7 Å². The van der Waals surface area contributed by atoms with E-state index >= 15 is 0 Å². The van der Waals surface area contributed by atoms with E-state index in [1.807, 2.05) is 0 Å². The summed E-state index contributed by atoms with van der Waals surface area (Å²) in [6, 6.07) is 6.85. The van der Waals surface area contributed by atoms with Gasteiger partial charge in [0, 0.05) is 29.0 Å². The number of hydrogen-bond donors (Lipinski definition) is 1. The third-order valence-electron chi connectivity index (χ3n) is 4.68. The summed E-state index contributed by atoms with van der Waals surface area (Å²) >= 11 is 3.74. The molecule has 1 atom stereocenters. The summed E-state index contributed by atoms with van der Waals surface area (Å²) in [4.78, 5) is 0. The van der Waals surface area contributed by atoms with Gasteiger partial charge in [0.1, 0.15) is 0 Å². The third-order valence-corrected chi connectivity index (χ3v) is 5.37. The highest BCUT2D eigenvalue weighted by atomic mass is 79.9. The van der Waals surface area contributed by atoms with E-state index in [-0.39, 0.29) is 5.41 Å². The molecule has 1 saturated heterocycles. The van der Waals surface area contributed by atoms with Gasteiger partial charge in [-0.15, -0.1) is 0 Å². The molecule has 0 amide bonds. The minimum absolute atomic E-state index is 0.257. The van der Waals surface area contributed by atoms with E-state index in [1.165, 1.54) is 34.9 Å². The molecule has 2 aliphatic rings. The fourth-order valence-corrected chi connectivity index (χ4v) is 3.88. The molecule has 1 heterocycles. The summed E-state index contributed by atoms with van der Waals surface area (Å²) in [6.07, 6.45) is 4.93. The quantitative estimate of drug-likeness (QED) is 0.929. The molecule has 0 radical (unpaired) electrons. The van der Waals surface area contributed by atoms with Crippen molar-refractivity contribution < 1.29 is 4.74 Å². The van der Waals surface area contributed by atoms with Gasteiger partial charge in [-0.1, -0.05) is 34.5 Å². The standard InChI is InChI=1S/C15H20BrNO/c16-14-8-12(15(10-17)5-1-6-15)2-3-13(14)11-4-7-18-9-11/h2-3,8,11H,1,4-7,9-10,17H2. The zero-order chi connectivity index (χ0) is 12.6. The molecule has 0 bridgehead atoms. The van der Waals surface area contributed by atoms with E-state index < -0.39 is 0 Å². The summed E-state index contributed by atoms with van der Waals surface area (Å²) < 4.78 is 6.71. The average Bonchev–Trinajstić information content (AvgIpc) is 2.82. The van der Waals surface area contributed by atoms with Crippen molar-refractivity contribution in [2.24, 2.45) is 5.73 Å². The first kappa shape index (κ1) is 12.6. The van der Waals surface area contributed by atoms with E-state index in [9.17, 15) is 0 Å². The van der Waals surface area contributed by atoms with Gasteiger partial charge in [-0.05, 0) is 36.5 Å². The zero-order valence-electron chi connectivity index (χ0n) is 10.6. The predicted molar refractivity (Wildman–Crippen MR) is 76.9 cm³/mol. The Hall–Kier alpha value is -0.380. The van der Waals surface area contributed by atoms with Crippen LogP contribution in [0, 0.1) is 0 Å². The van der Waals surface area contributed by atoms with Crippen molar-refractivity contribution in [2.45, 2.75) is 37.0 Å². The van der Waals surface area contributed by atoms with Crippen molar-refractivity contribution in [1.29, 1.82) is 0 Å². The molecule has 0 spiro atoms. The third kappa shape index (κ3) is 2.02. The van der Waals surface area contributed by atoms with Gasteiger partial charge in [0.15, 0.2) is 0 Å². The van der Waals surface area contributed by atoms with E-state index in [0.29, 0.717) is 5.92 Å². The lowest BCUT2D eigenvalue weighted by Crippen LogP contribution is -2.41. The SMILES string of the molecule is NCC1(c2ccc(C3CCOC3)c(Br)c2)CCC1. The van der Waals surface area contributed by atoms with Gasteiger partial charge < -0.3 is 10.5 Å². The lowest BCUT2D eigenvalue weighted by atomic mass is 9.64. The molecule has 2 N–H and O–H groups in total. The molecule has 3 rings (SSSR count). The highest BCUT2D eigenvalue weighted by molar-refractivity contribution is 9.10. The first-order valence-corrected chi connectivity index (χ1v) is 7.62. The Kier molecular flexibility index (Phi) is 3.48. The van der Waals surface area contributed by atoms with Crippen molar-refractivity contribution in [2.75, 3.05) is 19.8 Å². The van der Waals surface area contributed by atoms with Crippen molar-refractivity contribution >= 4 is 15.9 Å². The van der Waals surface area contributed by atoms with Gasteiger partial charge in [0.05, 0.1) is 6.61 Å². The zero-order valence-corrected chi connectivity index (χ0v) is 12.2. The first-order chi connectivity index (χ1) is 8.75. The lowest BCUT2D eigenvalue weighted by molar-refractivity contribution is 0.194. The highest BCUT2D eigenvalue weighted by Gasteiger charge is 2.37. The van der Waals surface area contributed by atoms with Crippen LogP contribution in [0.25, 0.3) is 0 Å². The fraction of sp³-hybridized carbons (Fsp3) is 0.600. The van der Waals surface area contributed by atoms with Crippen molar-refractivity contribution in [3.63, 3.8) is 0 Å². The Balaban J connectivity index is 1.88. The van der Waals surface area contributed by atoms with Gasteiger partial charge in [0.25, 0.3) is 0 Å². The van der Waals surface area contributed by atoms with Gasteiger partial charge in [-0.25, -0.2) is 0 Å². The summed E-state index contributed by atoms with van der Waals surface area (Å²) in [5.41, 5.74) is 9.03. The van der Waals surface area contributed by atoms with Crippen LogP contribution in [0.15, 0.2) is 22.7 Å².